The molecule has 0 N–H and O–H groups in total. The zero-order chi connectivity index (χ0) is 15.6. The topological polar surface area (TPSA) is 54.5 Å². The highest BCUT2D eigenvalue weighted by Crippen LogP contribution is 2.24. The summed E-state index contributed by atoms with van der Waals surface area (Å²) in [4.78, 5) is 17.8. The van der Waals surface area contributed by atoms with E-state index < -0.39 is 0 Å². The van der Waals surface area contributed by atoms with Crippen LogP contribution < -0.4 is 5.76 Å². The van der Waals surface area contributed by atoms with Crippen LogP contribution in [0.4, 0.5) is 0 Å². The SMILES string of the molecule is O=c1oc(-c2cccs2)nn1CN1CCN(C2CCCC2)CC1. The summed E-state index contributed by atoms with van der Waals surface area (Å²) in [5.41, 5.74) is 0. The fraction of sp³-hybridized carbons (Fsp3) is 0.625. The summed E-state index contributed by atoms with van der Waals surface area (Å²) in [5.74, 6) is 0.0567. The summed E-state index contributed by atoms with van der Waals surface area (Å²) in [6.07, 6.45) is 5.47. The van der Waals surface area contributed by atoms with Crippen LogP contribution >= 0.6 is 11.3 Å². The number of thiophene rings is 1. The molecule has 2 aliphatic rings. The molecule has 1 aliphatic heterocycles. The van der Waals surface area contributed by atoms with Crippen molar-refractivity contribution in [2.45, 2.75) is 38.4 Å². The molecule has 1 aliphatic carbocycles. The summed E-state index contributed by atoms with van der Waals surface area (Å²) in [6, 6.07) is 4.64. The summed E-state index contributed by atoms with van der Waals surface area (Å²) < 4.78 is 6.72. The Kier molecular flexibility index (Phi) is 4.33. The second kappa shape index (κ2) is 6.59. The van der Waals surface area contributed by atoms with Crippen molar-refractivity contribution < 1.29 is 4.42 Å². The molecule has 0 amide bonds. The summed E-state index contributed by atoms with van der Waals surface area (Å²) in [5, 5.41) is 6.29. The highest BCUT2D eigenvalue weighted by Gasteiger charge is 2.26. The van der Waals surface area contributed by atoms with E-state index in [9.17, 15) is 4.79 Å². The van der Waals surface area contributed by atoms with Crippen LogP contribution in [0.25, 0.3) is 10.8 Å². The lowest BCUT2D eigenvalue weighted by molar-refractivity contribution is 0.0744. The molecule has 0 bridgehead atoms. The van der Waals surface area contributed by atoms with Gasteiger partial charge in [0.2, 0.25) is 0 Å². The van der Waals surface area contributed by atoms with Crippen LogP contribution in [0.2, 0.25) is 0 Å². The molecular formula is C16H22N4O2S. The number of piperazine rings is 1. The van der Waals surface area contributed by atoms with Crippen molar-refractivity contribution in [1.82, 2.24) is 19.6 Å². The minimum absolute atomic E-state index is 0.369. The first-order valence-corrected chi connectivity index (χ1v) is 9.26. The predicted molar refractivity (Wildman–Crippen MR) is 89.5 cm³/mol. The van der Waals surface area contributed by atoms with E-state index in [1.165, 1.54) is 41.7 Å². The fourth-order valence-corrected chi connectivity index (χ4v) is 4.27. The molecule has 6 nitrogen and oxygen atoms in total. The molecule has 3 heterocycles. The monoisotopic (exact) mass is 334 g/mol. The Morgan fingerprint density at radius 1 is 1.22 bits per heavy atom. The second-order valence-corrected chi connectivity index (χ2v) is 7.33. The lowest BCUT2D eigenvalue weighted by atomic mass is 10.2. The molecule has 2 fully saturated rings. The third-order valence-electron chi connectivity index (χ3n) is 4.92. The molecule has 2 aromatic heterocycles. The average Bonchev–Trinajstić information content (AvgIpc) is 3.30. The van der Waals surface area contributed by atoms with Crippen LogP contribution in [0, 0.1) is 0 Å². The Bertz CT molecular complexity index is 679. The molecule has 124 valence electrons. The first-order valence-electron chi connectivity index (χ1n) is 8.38. The maximum atomic E-state index is 12.0. The van der Waals surface area contributed by atoms with E-state index in [-0.39, 0.29) is 5.76 Å². The maximum Gasteiger partial charge on any atom is 0.438 e. The van der Waals surface area contributed by atoms with Gasteiger partial charge in [0, 0.05) is 32.2 Å². The number of aromatic nitrogens is 2. The minimum Gasteiger partial charge on any atom is -0.387 e. The minimum atomic E-state index is -0.369. The lowest BCUT2D eigenvalue weighted by Crippen LogP contribution is -2.50. The third-order valence-corrected chi connectivity index (χ3v) is 5.78. The van der Waals surface area contributed by atoms with Crippen molar-refractivity contribution in [2.24, 2.45) is 0 Å². The molecule has 1 saturated carbocycles. The van der Waals surface area contributed by atoms with Crippen LogP contribution in [0.5, 0.6) is 0 Å². The van der Waals surface area contributed by atoms with Crippen LogP contribution in [0.15, 0.2) is 26.7 Å². The molecule has 0 radical (unpaired) electrons. The van der Waals surface area contributed by atoms with Crippen molar-refractivity contribution >= 4 is 11.3 Å². The second-order valence-electron chi connectivity index (χ2n) is 6.38. The van der Waals surface area contributed by atoms with Gasteiger partial charge in [-0.1, -0.05) is 18.9 Å². The first kappa shape index (κ1) is 15.1. The largest absolute Gasteiger partial charge is 0.438 e. The Morgan fingerprint density at radius 2 is 2.00 bits per heavy atom. The van der Waals surface area contributed by atoms with Crippen molar-refractivity contribution in [3.05, 3.63) is 28.1 Å². The smallest absolute Gasteiger partial charge is 0.387 e. The van der Waals surface area contributed by atoms with Gasteiger partial charge in [0.05, 0.1) is 4.88 Å². The van der Waals surface area contributed by atoms with E-state index in [4.69, 9.17) is 4.42 Å². The zero-order valence-corrected chi connectivity index (χ0v) is 14.0. The first-order chi connectivity index (χ1) is 11.3. The highest BCUT2D eigenvalue weighted by atomic mass is 32.1. The Labute approximate surface area is 139 Å². The Hall–Kier alpha value is -1.44. The molecule has 1 saturated heterocycles. The Balaban J connectivity index is 1.37. The van der Waals surface area contributed by atoms with Gasteiger partial charge in [-0.15, -0.1) is 16.4 Å². The third kappa shape index (κ3) is 3.27. The van der Waals surface area contributed by atoms with E-state index in [0.717, 1.165) is 37.1 Å². The molecule has 0 aromatic carbocycles. The van der Waals surface area contributed by atoms with Crippen molar-refractivity contribution in [3.8, 4) is 10.8 Å². The zero-order valence-electron chi connectivity index (χ0n) is 13.2. The van der Waals surface area contributed by atoms with Gasteiger partial charge in [-0.2, -0.15) is 4.68 Å². The van der Waals surface area contributed by atoms with Gasteiger partial charge in [0.1, 0.15) is 6.67 Å². The van der Waals surface area contributed by atoms with Crippen LogP contribution in [-0.2, 0) is 6.67 Å². The molecular weight excluding hydrogens is 312 g/mol. The average molecular weight is 334 g/mol. The standard InChI is InChI=1S/C16H22N4O2S/c21-16-20(17-15(22-16)14-6-3-11-23-14)12-18-7-9-19(10-8-18)13-4-1-2-5-13/h3,6,11,13H,1-2,4-5,7-10,12H2. The van der Waals surface area contributed by atoms with Gasteiger partial charge >= 0.3 is 5.76 Å². The van der Waals surface area contributed by atoms with Crippen LogP contribution in [0.3, 0.4) is 0 Å². The molecule has 7 heteroatoms. The molecule has 4 rings (SSSR count). The van der Waals surface area contributed by atoms with E-state index in [2.05, 4.69) is 14.9 Å². The van der Waals surface area contributed by atoms with Crippen LogP contribution in [-0.4, -0.2) is 51.8 Å². The van der Waals surface area contributed by atoms with Gasteiger partial charge in [0.15, 0.2) is 0 Å². The van der Waals surface area contributed by atoms with E-state index >= 15 is 0 Å². The van der Waals surface area contributed by atoms with Crippen molar-refractivity contribution in [2.75, 3.05) is 26.2 Å². The van der Waals surface area contributed by atoms with E-state index in [0.29, 0.717) is 12.6 Å². The predicted octanol–water partition coefficient (Wildman–Crippen LogP) is 2.08. The number of rotatable bonds is 4. The van der Waals surface area contributed by atoms with E-state index in [1.54, 1.807) is 0 Å². The molecule has 23 heavy (non-hydrogen) atoms. The Morgan fingerprint density at radius 3 is 2.70 bits per heavy atom. The van der Waals surface area contributed by atoms with Crippen LogP contribution in [0.1, 0.15) is 25.7 Å². The molecule has 2 aromatic rings. The van der Waals surface area contributed by atoms with Crippen molar-refractivity contribution in [1.29, 1.82) is 0 Å². The quantitative estimate of drug-likeness (QED) is 0.857. The summed E-state index contributed by atoms with van der Waals surface area (Å²) >= 11 is 1.53. The lowest BCUT2D eigenvalue weighted by Gasteiger charge is -2.37. The van der Waals surface area contributed by atoms with Gasteiger partial charge in [-0.25, -0.2) is 4.79 Å². The van der Waals surface area contributed by atoms with Gasteiger partial charge in [-0.3, -0.25) is 9.80 Å². The summed E-state index contributed by atoms with van der Waals surface area (Å²) in [7, 11) is 0. The fourth-order valence-electron chi connectivity index (χ4n) is 3.62. The molecule has 0 unspecified atom stereocenters. The highest BCUT2D eigenvalue weighted by molar-refractivity contribution is 7.13. The summed E-state index contributed by atoms with van der Waals surface area (Å²) in [6.45, 7) is 4.69. The maximum absolute atomic E-state index is 12.0. The molecule has 0 spiro atoms. The normalized spacial score (nSPS) is 21.2. The molecule has 0 atom stereocenters. The number of hydrogen-bond acceptors (Lipinski definition) is 6. The van der Waals surface area contributed by atoms with Gasteiger partial charge in [-0.05, 0) is 24.3 Å². The van der Waals surface area contributed by atoms with Crippen molar-refractivity contribution in [3.63, 3.8) is 0 Å². The van der Waals surface area contributed by atoms with E-state index in [1.807, 2.05) is 17.5 Å². The number of nitrogens with zero attached hydrogens (tertiary/aromatic N) is 4. The van der Waals surface area contributed by atoms with Gasteiger partial charge < -0.3 is 4.42 Å². The number of hydrogen-bond donors (Lipinski definition) is 0. The van der Waals surface area contributed by atoms with Gasteiger partial charge in [0.25, 0.3) is 5.89 Å².